The van der Waals surface area contributed by atoms with E-state index in [1.54, 1.807) is 0 Å². The van der Waals surface area contributed by atoms with Crippen molar-refractivity contribution in [2.45, 2.75) is 107 Å². The molecule has 0 aromatic carbocycles. The predicted molar refractivity (Wildman–Crippen MR) is 90.6 cm³/mol. The first-order valence-electron chi connectivity index (χ1n) is 10.3. The van der Waals surface area contributed by atoms with E-state index < -0.39 is 0 Å². The molecule has 2 saturated heterocycles. The fourth-order valence-corrected chi connectivity index (χ4v) is 4.94. The van der Waals surface area contributed by atoms with Crippen LogP contribution in [0.25, 0.3) is 0 Å². The van der Waals surface area contributed by atoms with Gasteiger partial charge in [0.1, 0.15) is 0 Å². The van der Waals surface area contributed by atoms with E-state index >= 15 is 0 Å². The molecule has 2 saturated carbocycles. The van der Waals surface area contributed by atoms with Crippen LogP contribution in [0.15, 0.2) is 0 Å². The molecule has 0 amide bonds. The van der Waals surface area contributed by atoms with Crippen LogP contribution in [0.3, 0.4) is 0 Å². The Morgan fingerprint density at radius 2 is 1.83 bits per heavy atom. The van der Waals surface area contributed by atoms with Crippen molar-refractivity contribution >= 4 is 0 Å². The van der Waals surface area contributed by atoms with Crippen LogP contribution in [0.1, 0.15) is 83.5 Å². The molecule has 0 spiro atoms. The highest BCUT2D eigenvalue weighted by Crippen LogP contribution is 2.50. The van der Waals surface area contributed by atoms with E-state index in [-0.39, 0.29) is 0 Å². The molecule has 2 aliphatic carbocycles. The van der Waals surface area contributed by atoms with Crippen LogP contribution in [0.2, 0.25) is 0 Å². The zero-order chi connectivity index (χ0) is 15.5. The van der Waals surface area contributed by atoms with E-state index in [9.17, 15) is 0 Å². The van der Waals surface area contributed by atoms with Gasteiger partial charge < -0.3 is 14.2 Å². The van der Waals surface area contributed by atoms with Gasteiger partial charge >= 0.3 is 0 Å². The molecule has 5 unspecified atom stereocenters. The molecule has 5 atom stereocenters. The van der Waals surface area contributed by atoms with Crippen LogP contribution in [0, 0.1) is 5.92 Å². The molecule has 3 heteroatoms. The first-order chi connectivity index (χ1) is 11.4. The highest BCUT2D eigenvalue weighted by atomic mass is 16.6. The quantitative estimate of drug-likeness (QED) is 0.435. The summed E-state index contributed by atoms with van der Waals surface area (Å²) < 4.78 is 17.4. The summed E-state index contributed by atoms with van der Waals surface area (Å²) in [5.41, 5.74) is 0.353. The van der Waals surface area contributed by atoms with Gasteiger partial charge in [-0.25, -0.2) is 0 Å². The van der Waals surface area contributed by atoms with Gasteiger partial charge in [0, 0.05) is 13.2 Å². The summed E-state index contributed by atoms with van der Waals surface area (Å²) in [6, 6.07) is 0. The molecule has 2 heterocycles. The lowest BCUT2D eigenvalue weighted by Gasteiger charge is -2.18. The lowest BCUT2D eigenvalue weighted by Crippen LogP contribution is -2.19. The number of ether oxygens (including phenoxy) is 3. The van der Waals surface area contributed by atoms with Gasteiger partial charge in [-0.3, -0.25) is 0 Å². The van der Waals surface area contributed by atoms with Gasteiger partial charge in [0.25, 0.3) is 0 Å². The van der Waals surface area contributed by atoms with Gasteiger partial charge in [-0.15, -0.1) is 0 Å². The standard InChI is InChI=1S/C20H34O3/c1(2-5-11-20-12-6-4-8-19(20)23-20)3-7-13-21-15-16-9-10-17-18(14-16)22-17/h16-19H,1-15H2. The van der Waals surface area contributed by atoms with Gasteiger partial charge in [0.15, 0.2) is 0 Å². The number of unbranched alkanes of at least 4 members (excludes halogenated alkanes) is 4. The molecule has 0 aromatic rings. The largest absolute Gasteiger partial charge is 0.381 e. The molecule has 4 aliphatic rings. The third-order valence-corrected chi connectivity index (χ3v) is 6.58. The van der Waals surface area contributed by atoms with Crippen LogP contribution in [-0.4, -0.2) is 37.1 Å². The SMILES string of the molecule is C(CCCOCC1CCC2OC2C1)CCCC12CCCCC1O2. The Morgan fingerprint density at radius 3 is 2.74 bits per heavy atom. The summed E-state index contributed by atoms with van der Waals surface area (Å²) in [5.74, 6) is 0.764. The minimum Gasteiger partial charge on any atom is -0.381 e. The predicted octanol–water partition coefficient (Wildman–Crippen LogP) is 4.62. The summed E-state index contributed by atoms with van der Waals surface area (Å²) in [6.45, 7) is 1.93. The maximum Gasteiger partial charge on any atom is 0.0948 e. The maximum atomic E-state index is 5.96. The summed E-state index contributed by atoms with van der Waals surface area (Å²) in [4.78, 5) is 0. The van der Waals surface area contributed by atoms with E-state index in [0.29, 0.717) is 23.9 Å². The summed E-state index contributed by atoms with van der Waals surface area (Å²) >= 11 is 0. The van der Waals surface area contributed by atoms with Crippen molar-refractivity contribution in [1.82, 2.24) is 0 Å². The lowest BCUT2D eigenvalue weighted by atomic mass is 9.85. The Bertz CT molecular complexity index is 385. The normalized spacial score (nSPS) is 41.2. The monoisotopic (exact) mass is 322 g/mol. The lowest BCUT2D eigenvalue weighted by molar-refractivity contribution is 0.0851. The van der Waals surface area contributed by atoms with Crippen molar-refractivity contribution in [3.8, 4) is 0 Å². The van der Waals surface area contributed by atoms with E-state index in [1.807, 2.05) is 0 Å². The fraction of sp³-hybridized carbons (Fsp3) is 1.00. The molecular formula is C20H34O3. The van der Waals surface area contributed by atoms with Crippen molar-refractivity contribution in [2.75, 3.05) is 13.2 Å². The Kier molecular flexibility index (Phi) is 5.27. The molecule has 0 bridgehead atoms. The molecule has 4 fully saturated rings. The summed E-state index contributed by atoms with van der Waals surface area (Å²) in [5, 5.41) is 0. The van der Waals surface area contributed by atoms with Gasteiger partial charge in [0.05, 0.1) is 23.9 Å². The minimum atomic E-state index is 0.353. The number of rotatable bonds is 10. The smallest absolute Gasteiger partial charge is 0.0948 e. The van der Waals surface area contributed by atoms with Gasteiger partial charge in [-0.2, -0.15) is 0 Å². The van der Waals surface area contributed by atoms with E-state index in [4.69, 9.17) is 14.2 Å². The minimum absolute atomic E-state index is 0.353. The van der Waals surface area contributed by atoms with E-state index in [2.05, 4.69) is 0 Å². The van der Waals surface area contributed by atoms with Gasteiger partial charge in [0.2, 0.25) is 0 Å². The second kappa shape index (κ2) is 7.41. The molecule has 4 rings (SSSR count). The van der Waals surface area contributed by atoms with Crippen LogP contribution >= 0.6 is 0 Å². The number of hydrogen-bond donors (Lipinski definition) is 0. The topological polar surface area (TPSA) is 34.3 Å². The molecule has 3 nitrogen and oxygen atoms in total. The Balaban J connectivity index is 0.951. The number of hydrogen-bond acceptors (Lipinski definition) is 3. The number of fused-ring (bicyclic) bond motifs is 2. The average Bonchev–Trinajstić information content (AvgIpc) is 3.46. The fourth-order valence-electron chi connectivity index (χ4n) is 4.94. The van der Waals surface area contributed by atoms with Crippen molar-refractivity contribution in [1.29, 1.82) is 0 Å². The zero-order valence-corrected chi connectivity index (χ0v) is 14.6. The molecule has 2 aliphatic heterocycles. The second-order valence-corrected chi connectivity index (χ2v) is 8.40. The molecule has 132 valence electrons. The van der Waals surface area contributed by atoms with E-state index in [1.165, 1.54) is 83.5 Å². The van der Waals surface area contributed by atoms with Crippen molar-refractivity contribution in [2.24, 2.45) is 5.92 Å². The molecule has 0 radical (unpaired) electrons. The Morgan fingerprint density at radius 1 is 0.913 bits per heavy atom. The third-order valence-electron chi connectivity index (χ3n) is 6.58. The number of epoxide rings is 2. The van der Waals surface area contributed by atoms with E-state index in [0.717, 1.165) is 19.1 Å². The van der Waals surface area contributed by atoms with Crippen molar-refractivity contribution in [3.63, 3.8) is 0 Å². The van der Waals surface area contributed by atoms with Crippen LogP contribution in [-0.2, 0) is 14.2 Å². The van der Waals surface area contributed by atoms with Crippen LogP contribution < -0.4 is 0 Å². The summed E-state index contributed by atoms with van der Waals surface area (Å²) in [7, 11) is 0. The van der Waals surface area contributed by atoms with Gasteiger partial charge in [-0.1, -0.05) is 38.5 Å². The maximum absolute atomic E-state index is 5.96. The Labute approximate surface area is 141 Å². The average molecular weight is 322 g/mol. The van der Waals surface area contributed by atoms with Crippen molar-refractivity contribution in [3.05, 3.63) is 0 Å². The first kappa shape index (κ1) is 16.4. The van der Waals surface area contributed by atoms with Crippen LogP contribution in [0.4, 0.5) is 0 Å². The van der Waals surface area contributed by atoms with Crippen molar-refractivity contribution < 1.29 is 14.2 Å². The second-order valence-electron chi connectivity index (χ2n) is 8.40. The highest BCUT2D eigenvalue weighted by molar-refractivity contribution is 5.04. The summed E-state index contributed by atoms with van der Waals surface area (Å²) in [6.07, 6.45) is 19.1. The highest BCUT2D eigenvalue weighted by Gasteiger charge is 2.55. The van der Waals surface area contributed by atoms with Crippen LogP contribution in [0.5, 0.6) is 0 Å². The third kappa shape index (κ3) is 4.29. The molecule has 23 heavy (non-hydrogen) atoms. The first-order valence-corrected chi connectivity index (χ1v) is 10.3. The Hall–Kier alpha value is -0.120. The molecule has 0 aromatic heterocycles. The molecular weight excluding hydrogens is 288 g/mol. The van der Waals surface area contributed by atoms with Gasteiger partial charge in [-0.05, 0) is 50.9 Å². The molecule has 0 N–H and O–H groups in total. The zero-order valence-electron chi connectivity index (χ0n) is 14.6.